The van der Waals surface area contributed by atoms with Crippen LogP contribution in [0, 0.1) is 5.92 Å². The molecule has 1 nitrogen and oxygen atoms in total. The van der Waals surface area contributed by atoms with Gasteiger partial charge in [0.25, 0.3) is 0 Å². The van der Waals surface area contributed by atoms with E-state index in [2.05, 4.69) is 43.4 Å². The number of nitrogens with one attached hydrogen (secondary N) is 1. The summed E-state index contributed by atoms with van der Waals surface area (Å²) < 4.78 is 0. The van der Waals surface area contributed by atoms with Crippen LogP contribution in [0.25, 0.3) is 0 Å². The zero-order valence-electron chi connectivity index (χ0n) is 10.5. The maximum Gasteiger partial charge on any atom is 0.0346 e. The monoisotopic (exact) mass is 217 g/mol. The minimum absolute atomic E-state index is 0.575. The first kappa shape index (κ1) is 11.7. The quantitative estimate of drug-likeness (QED) is 0.814. The Balaban J connectivity index is 2.15. The molecular weight excluding hydrogens is 194 g/mol. The molecule has 2 rings (SSSR count). The summed E-state index contributed by atoms with van der Waals surface area (Å²) in [6.07, 6.45) is 5.12. The van der Waals surface area contributed by atoms with Crippen molar-refractivity contribution in [1.82, 2.24) is 5.32 Å². The summed E-state index contributed by atoms with van der Waals surface area (Å²) in [6.45, 7) is 5.78. The molecule has 1 N–H and O–H groups in total. The standard InChI is InChI=1S/C15H23N/c1-3-6-13-8-4-9-14(11-13)15-12(2)7-5-10-16-15/h4,8-9,11-12,15-16H,3,5-7,10H2,1-2H3. The predicted octanol–water partition coefficient (Wildman–Crippen LogP) is 3.70. The molecule has 0 spiro atoms. The predicted molar refractivity (Wildman–Crippen MR) is 69.6 cm³/mol. The van der Waals surface area contributed by atoms with Crippen LogP contribution in [0.5, 0.6) is 0 Å². The normalized spacial score (nSPS) is 25.6. The van der Waals surface area contributed by atoms with Gasteiger partial charge >= 0.3 is 0 Å². The number of hydrogen-bond acceptors (Lipinski definition) is 1. The summed E-state index contributed by atoms with van der Waals surface area (Å²) >= 11 is 0. The molecule has 0 aliphatic carbocycles. The van der Waals surface area contributed by atoms with Crippen molar-refractivity contribution >= 4 is 0 Å². The van der Waals surface area contributed by atoms with E-state index in [1.54, 1.807) is 0 Å². The molecule has 1 aromatic rings. The molecule has 1 fully saturated rings. The van der Waals surface area contributed by atoms with Crippen molar-refractivity contribution in [3.8, 4) is 0 Å². The molecule has 2 atom stereocenters. The molecule has 1 heteroatoms. The first-order valence-electron chi connectivity index (χ1n) is 6.63. The highest BCUT2D eigenvalue weighted by atomic mass is 14.9. The van der Waals surface area contributed by atoms with Gasteiger partial charge < -0.3 is 5.32 Å². The third-order valence-electron chi connectivity index (χ3n) is 3.62. The molecule has 0 amide bonds. The highest BCUT2D eigenvalue weighted by molar-refractivity contribution is 5.27. The van der Waals surface area contributed by atoms with Crippen LogP contribution in [0.2, 0.25) is 0 Å². The Morgan fingerprint density at radius 1 is 1.38 bits per heavy atom. The van der Waals surface area contributed by atoms with Crippen LogP contribution in [0.1, 0.15) is 50.3 Å². The van der Waals surface area contributed by atoms with Crippen molar-refractivity contribution in [3.63, 3.8) is 0 Å². The van der Waals surface area contributed by atoms with E-state index in [0.29, 0.717) is 6.04 Å². The lowest BCUT2D eigenvalue weighted by atomic mass is 9.87. The van der Waals surface area contributed by atoms with Gasteiger partial charge in [-0.2, -0.15) is 0 Å². The van der Waals surface area contributed by atoms with Crippen LogP contribution >= 0.6 is 0 Å². The average molecular weight is 217 g/mol. The maximum atomic E-state index is 3.65. The smallest absolute Gasteiger partial charge is 0.0346 e. The topological polar surface area (TPSA) is 12.0 Å². The number of rotatable bonds is 3. The Morgan fingerprint density at radius 2 is 2.25 bits per heavy atom. The number of piperidine rings is 1. The molecule has 0 aromatic heterocycles. The van der Waals surface area contributed by atoms with Gasteiger partial charge in [0, 0.05) is 6.04 Å². The molecule has 16 heavy (non-hydrogen) atoms. The van der Waals surface area contributed by atoms with Gasteiger partial charge in [-0.15, -0.1) is 0 Å². The summed E-state index contributed by atoms with van der Waals surface area (Å²) in [4.78, 5) is 0. The first-order chi connectivity index (χ1) is 7.81. The number of aryl methyl sites for hydroxylation is 1. The van der Waals surface area contributed by atoms with E-state index < -0.39 is 0 Å². The van der Waals surface area contributed by atoms with Gasteiger partial charge in [0.05, 0.1) is 0 Å². The third kappa shape index (κ3) is 2.65. The molecule has 0 radical (unpaired) electrons. The van der Waals surface area contributed by atoms with E-state index in [1.165, 1.54) is 43.4 Å². The Bertz CT molecular complexity index is 332. The summed E-state index contributed by atoms with van der Waals surface area (Å²) in [5.74, 6) is 0.769. The van der Waals surface area contributed by atoms with Gasteiger partial charge in [-0.05, 0) is 42.9 Å². The molecule has 0 saturated carbocycles. The highest BCUT2D eigenvalue weighted by Crippen LogP contribution is 2.29. The Hall–Kier alpha value is -0.820. The minimum Gasteiger partial charge on any atom is -0.310 e. The Morgan fingerprint density at radius 3 is 3.00 bits per heavy atom. The van der Waals surface area contributed by atoms with E-state index in [0.717, 1.165) is 5.92 Å². The largest absolute Gasteiger partial charge is 0.310 e. The molecular formula is C15H23N. The van der Waals surface area contributed by atoms with Crippen LogP contribution in [0.3, 0.4) is 0 Å². The molecule has 1 heterocycles. The second kappa shape index (κ2) is 5.49. The molecule has 1 saturated heterocycles. The van der Waals surface area contributed by atoms with Crippen LogP contribution in [0.15, 0.2) is 24.3 Å². The lowest BCUT2D eigenvalue weighted by molar-refractivity contribution is 0.306. The second-order valence-electron chi connectivity index (χ2n) is 5.05. The van der Waals surface area contributed by atoms with Crippen molar-refractivity contribution in [3.05, 3.63) is 35.4 Å². The molecule has 88 valence electrons. The lowest BCUT2D eigenvalue weighted by Crippen LogP contribution is -2.32. The summed E-state index contributed by atoms with van der Waals surface area (Å²) in [5.41, 5.74) is 2.97. The number of hydrogen-bond donors (Lipinski definition) is 1. The zero-order valence-corrected chi connectivity index (χ0v) is 10.5. The van der Waals surface area contributed by atoms with Gasteiger partial charge in [0.2, 0.25) is 0 Å². The van der Waals surface area contributed by atoms with Crippen molar-refractivity contribution in [1.29, 1.82) is 0 Å². The lowest BCUT2D eigenvalue weighted by Gasteiger charge is -2.30. The fourth-order valence-corrected chi connectivity index (χ4v) is 2.73. The van der Waals surface area contributed by atoms with Gasteiger partial charge in [0.15, 0.2) is 0 Å². The second-order valence-corrected chi connectivity index (χ2v) is 5.05. The van der Waals surface area contributed by atoms with Gasteiger partial charge in [-0.25, -0.2) is 0 Å². The third-order valence-corrected chi connectivity index (χ3v) is 3.62. The molecule has 1 aromatic carbocycles. The molecule has 1 aliphatic rings. The summed E-state index contributed by atoms with van der Waals surface area (Å²) in [5, 5.41) is 3.65. The van der Waals surface area contributed by atoms with Gasteiger partial charge in [0.1, 0.15) is 0 Å². The van der Waals surface area contributed by atoms with Crippen LogP contribution in [-0.2, 0) is 6.42 Å². The van der Waals surface area contributed by atoms with Crippen molar-refractivity contribution in [2.45, 2.75) is 45.6 Å². The van der Waals surface area contributed by atoms with Crippen molar-refractivity contribution in [2.24, 2.45) is 5.92 Å². The molecule has 1 aliphatic heterocycles. The van der Waals surface area contributed by atoms with Crippen LogP contribution in [-0.4, -0.2) is 6.54 Å². The zero-order chi connectivity index (χ0) is 11.4. The average Bonchev–Trinajstić information content (AvgIpc) is 2.30. The van der Waals surface area contributed by atoms with Gasteiger partial charge in [-0.1, -0.05) is 44.5 Å². The first-order valence-corrected chi connectivity index (χ1v) is 6.63. The Labute approximate surface area is 99.3 Å². The molecule has 2 unspecified atom stereocenters. The van der Waals surface area contributed by atoms with E-state index in [9.17, 15) is 0 Å². The summed E-state index contributed by atoms with van der Waals surface area (Å²) in [7, 11) is 0. The molecule has 0 bridgehead atoms. The van der Waals surface area contributed by atoms with E-state index >= 15 is 0 Å². The van der Waals surface area contributed by atoms with Crippen LogP contribution in [0.4, 0.5) is 0 Å². The highest BCUT2D eigenvalue weighted by Gasteiger charge is 2.22. The van der Waals surface area contributed by atoms with Gasteiger partial charge in [-0.3, -0.25) is 0 Å². The number of benzene rings is 1. The van der Waals surface area contributed by atoms with E-state index in [-0.39, 0.29) is 0 Å². The van der Waals surface area contributed by atoms with E-state index in [4.69, 9.17) is 0 Å². The SMILES string of the molecule is CCCc1cccc(C2NCCCC2C)c1. The maximum absolute atomic E-state index is 3.65. The Kier molecular flexibility index (Phi) is 4.00. The fraction of sp³-hybridized carbons (Fsp3) is 0.600. The van der Waals surface area contributed by atoms with Crippen LogP contribution < -0.4 is 5.32 Å². The minimum atomic E-state index is 0.575. The van der Waals surface area contributed by atoms with Crippen molar-refractivity contribution in [2.75, 3.05) is 6.54 Å². The van der Waals surface area contributed by atoms with Crippen molar-refractivity contribution < 1.29 is 0 Å². The fourth-order valence-electron chi connectivity index (χ4n) is 2.73. The van der Waals surface area contributed by atoms with E-state index in [1.807, 2.05) is 0 Å². The summed E-state index contributed by atoms with van der Waals surface area (Å²) in [6, 6.07) is 9.71.